The van der Waals surface area contributed by atoms with Crippen molar-refractivity contribution in [3.8, 4) is 11.3 Å². The summed E-state index contributed by atoms with van der Waals surface area (Å²) in [5, 5.41) is 12.3. The monoisotopic (exact) mass is 561 g/mol. The number of phosphoric ester groups is 1. The van der Waals surface area contributed by atoms with Crippen molar-refractivity contribution in [2.24, 2.45) is 5.73 Å². The molecule has 17 nitrogen and oxygen atoms in total. The van der Waals surface area contributed by atoms with Gasteiger partial charge in [-0.25, -0.2) is 18.5 Å². The van der Waals surface area contributed by atoms with Crippen LogP contribution in [0.3, 0.4) is 0 Å². The van der Waals surface area contributed by atoms with Crippen LogP contribution in [0.1, 0.15) is 8.97 Å². The molecule has 33 heavy (non-hydrogen) atoms. The molecule has 0 aliphatic carbocycles. The van der Waals surface area contributed by atoms with Crippen LogP contribution in [0.25, 0.3) is 0 Å². The van der Waals surface area contributed by atoms with Crippen LogP contribution >= 0.6 is 35.1 Å². The Morgan fingerprint density at radius 3 is 2.45 bits per heavy atom. The molecule has 1 aromatic rings. The average molecular weight is 562 g/mol. The fourth-order valence-electron chi connectivity index (χ4n) is 2.38. The van der Waals surface area contributed by atoms with E-state index in [0.29, 0.717) is 0 Å². The van der Waals surface area contributed by atoms with Gasteiger partial charge in [-0.15, -0.1) is 0 Å². The summed E-state index contributed by atoms with van der Waals surface area (Å²) in [4.78, 5) is 60.7. The molecule has 0 aromatic carbocycles. The highest BCUT2D eigenvalue weighted by molar-refractivity contribution is 7.66. The second kappa shape index (κ2) is 9.78. The zero-order chi connectivity index (χ0) is 27.2. The van der Waals surface area contributed by atoms with Gasteiger partial charge in [-0.05, 0) is 11.6 Å². The maximum atomic E-state index is 13.7. The number of nitrogens with one attached hydrogen (secondary N) is 1. The number of ether oxygens (including phenoxy) is 1. The van der Waals surface area contributed by atoms with Gasteiger partial charge in [0.25, 0.3) is 5.56 Å². The third kappa shape index (κ3) is 6.89. The quantitative estimate of drug-likeness (QED) is 0.136. The number of aromatic amines is 1. The first-order valence-electron chi connectivity index (χ1n) is 8.75. The topological polar surface area (TPSA) is 270 Å². The van der Waals surface area contributed by atoms with E-state index in [9.17, 15) is 42.6 Å². The predicted molar refractivity (Wildman–Crippen MR) is 102 cm³/mol. The van der Waals surface area contributed by atoms with Crippen LogP contribution in [-0.2, 0) is 31.6 Å². The summed E-state index contributed by atoms with van der Waals surface area (Å²) in [6.07, 6.45) is -6.80. The van der Waals surface area contributed by atoms with Crippen molar-refractivity contribution in [3.63, 3.8) is 0 Å². The normalized spacial score (nSPS) is 30.4. The molecule has 0 radical (unpaired) electrons. The van der Waals surface area contributed by atoms with Gasteiger partial charge in [0.2, 0.25) is 5.82 Å². The standard InChI is InChI=1S/C11H14ClFN3O14P3/c12-2-1-11(14)7(17)6(28-9(11)16-3-5(13)8(18)15-10(16)19)4-27-32(23,24)30-33(25,26)29-31(20,21)22/h3,6-7,9,17H,4,14H2,(H,23,24)(H,25,26)(H,15,18,19)(H2,20,21,22)/t6-,7+,9-,11?/m1/s1/i4D2. The number of nitrogens with two attached hydrogens (primary N) is 1. The van der Waals surface area contributed by atoms with Crippen LogP contribution in [0, 0.1) is 17.1 Å². The van der Waals surface area contributed by atoms with E-state index >= 15 is 0 Å². The lowest BCUT2D eigenvalue weighted by Gasteiger charge is -2.27. The molecule has 1 aliphatic rings. The maximum Gasteiger partial charge on any atom is 0.490 e. The first-order chi connectivity index (χ1) is 15.6. The van der Waals surface area contributed by atoms with Gasteiger partial charge in [0.1, 0.15) is 12.2 Å². The number of hydrogen-bond acceptors (Lipinski definition) is 11. The van der Waals surface area contributed by atoms with E-state index in [-0.39, 0.29) is 10.8 Å². The van der Waals surface area contributed by atoms with Crippen LogP contribution < -0.4 is 17.0 Å². The Hall–Kier alpha value is -1.25. The minimum absolute atomic E-state index is 0.238. The number of H-pyrrole nitrogens is 1. The fraction of sp³-hybridized carbons (Fsp3) is 0.455. The second-order valence-corrected chi connectivity index (χ2v) is 10.5. The van der Waals surface area contributed by atoms with Crippen molar-refractivity contribution in [2.75, 3.05) is 6.56 Å². The molecular weight excluding hydrogens is 546 g/mol. The van der Waals surface area contributed by atoms with Gasteiger partial charge in [-0.3, -0.25) is 18.9 Å². The molecule has 3 unspecified atom stereocenters. The van der Waals surface area contributed by atoms with Gasteiger partial charge in [-0.1, -0.05) is 5.92 Å². The van der Waals surface area contributed by atoms with E-state index in [2.05, 4.69) is 13.1 Å². The number of halogens is 2. The number of aliphatic hydroxyl groups excluding tert-OH is 1. The van der Waals surface area contributed by atoms with Crippen molar-refractivity contribution < 1.29 is 63.4 Å². The molecule has 1 aliphatic heterocycles. The van der Waals surface area contributed by atoms with Crippen LogP contribution in [0.5, 0.6) is 0 Å². The summed E-state index contributed by atoms with van der Waals surface area (Å²) < 4.78 is 79.8. The largest absolute Gasteiger partial charge is 0.490 e. The highest BCUT2D eigenvalue weighted by Crippen LogP contribution is 2.66. The number of nitrogens with zero attached hydrogens (tertiary/aromatic N) is 1. The summed E-state index contributed by atoms with van der Waals surface area (Å²) in [5.74, 6) is 0.425. The molecule has 1 saturated heterocycles. The number of aliphatic hydroxyl groups is 1. The van der Waals surface area contributed by atoms with Crippen LogP contribution in [0.2, 0.25) is 0 Å². The zero-order valence-corrected chi connectivity index (χ0v) is 18.8. The van der Waals surface area contributed by atoms with Crippen molar-refractivity contribution >= 4 is 35.1 Å². The SMILES string of the molecule is [2H]C([2H])(OP(=O)(O)OP(=O)(O)OP(=O)(O)O)[C@H]1O[C@@H](n2cc(F)c(=O)[nH]c2=O)C(N)(C#CCl)[C@H]1O. The molecule has 0 amide bonds. The van der Waals surface area contributed by atoms with E-state index in [0.717, 1.165) is 0 Å². The fourth-order valence-corrected chi connectivity index (χ4v) is 5.42. The Morgan fingerprint density at radius 1 is 1.30 bits per heavy atom. The predicted octanol–water partition coefficient (Wildman–Crippen LogP) is -1.83. The summed E-state index contributed by atoms with van der Waals surface area (Å²) in [5.41, 5.74) is 0.466. The lowest BCUT2D eigenvalue weighted by molar-refractivity contribution is -0.0471. The van der Waals surface area contributed by atoms with Crippen LogP contribution in [-0.4, -0.2) is 58.5 Å². The van der Waals surface area contributed by atoms with Gasteiger partial charge < -0.3 is 35.2 Å². The molecule has 2 heterocycles. The molecule has 1 fully saturated rings. The third-order valence-electron chi connectivity index (χ3n) is 3.60. The smallest absolute Gasteiger partial charge is 0.387 e. The second-order valence-electron chi connectivity index (χ2n) is 5.95. The third-order valence-corrected chi connectivity index (χ3v) is 7.36. The average Bonchev–Trinajstić information content (AvgIpc) is 2.86. The van der Waals surface area contributed by atoms with Crippen LogP contribution in [0.4, 0.5) is 4.39 Å². The summed E-state index contributed by atoms with van der Waals surface area (Å²) in [6.45, 7) is -3.73. The van der Waals surface area contributed by atoms with E-state index in [1.807, 2.05) is 5.92 Å². The number of rotatable bonds is 8. The van der Waals surface area contributed by atoms with Gasteiger partial charge >= 0.3 is 29.2 Å². The lowest BCUT2D eigenvalue weighted by Crippen LogP contribution is -2.55. The summed E-state index contributed by atoms with van der Waals surface area (Å²) in [7, 11) is -17.9. The van der Waals surface area contributed by atoms with Crippen molar-refractivity contribution in [2.45, 2.75) is 24.0 Å². The first-order valence-corrected chi connectivity index (χ1v) is 12.6. The van der Waals surface area contributed by atoms with Crippen molar-refractivity contribution in [3.05, 3.63) is 32.9 Å². The molecule has 0 saturated carbocycles. The highest BCUT2D eigenvalue weighted by atomic mass is 35.5. The van der Waals surface area contributed by atoms with Crippen LogP contribution in [0.15, 0.2) is 15.8 Å². The molecular formula is C11H14ClFN3O14P3. The minimum Gasteiger partial charge on any atom is -0.387 e. The molecule has 0 spiro atoms. The first kappa shape index (κ1) is 24.9. The molecule has 0 bridgehead atoms. The van der Waals surface area contributed by atoms with Gasteiger partial charge in [-0.2, -0.15) is 13.0 Å². The Balaban J connectivity index is 2.45. The molecule has 8 N–H and O–H groups in total. The van der Waals surface area contributed by atoms with Gasteiger partial charge in [0, 0.05) is 5.38 Å². The lowest BCUT2D eigenvalue weighted by atomic mass is 9.92. The minimum atomic E-state index is -6.10. The van der Waals surface area contributed by atoms with E-state index < -0.39 is 71.1 Å². The summed E-state index contributed by atoms with van der Waals surface area (Å²) in [6, 6.07) is 0. The van der Waals surface area contributed by atoms with E-state index in [1.54, 1.807) is 5.38 Å². The number of phosphoric acid groups is 3. The van der Waals surface area contributed by atoms with E-state index in [4.69, 9.17) is 34.6 Å². The van der Waals surface area contributed by atoms with Gasteiger partial charge in [0.05, 0.1) is 15.5 Å². The maximum absolute atomic E-state index is 13.7. The highest BCUT2D eigenvalue weighted by Gasteiger charge is 2.55. The molecule has 186 valence electrons. The number of aromatic nitrogens is 2. The molecule has 6 atom stereocenters. The van der Waals surface area contributed by atoms with Crippen molar-refractivity contribution in [1.82, 2.24) is 9.55 Å². The molecule has 22 heteroatoms. The van der Waals surface area contributed by atoms with Crippen molar-refractivity contribution in [1.29, 1.82) is 0 Å². The Morgan fingerprint density at radius 2 is 1.91 bits per heavy atom. The number of hydrogen-bond donors (Lipinski definition) is 7. The Bertz CT molecular complexity index is 1320. The Labute approximate surface area is 189 Å². The zero-order valence-electron chi connectivity index (χ0n) is 17.3. The summed E-state index contributed by atoms with van der Waals surface area (Å²) >= 11 is 5.29. The molecule has 2 rings (SSSR count). The van der Waals surface area contributed by atoms with E-state index in [1.165, 1.54) is 4.98 Å². The Kier molecular flexibility index (Phi) is 7.37. The molecule has 1 aromatic heterocycles. The van der Waals surface area contributed by atoms with Gasteiger partial charge in [0.15, 0.2) is 11.8 Å².